The van der Waals surface area contributed by atoms with Crippen LogP contribution in [0.15, 0.2) is 6.07 Å². The number of alkyl halides is 2. The normalized spacial score (nSPS) is 10.2. The van der Waals surface area contributed by atoms with Crippen LogP contribution in [0.2, 0.25) is 5.02 Å². The van der Waals surface area contributed by atoms with Gasteiger partial charge in [0.15, 0.2) is 0 Å². The van der Waals surface area contributed by atoms with Crippen molar-refractivity contribution in [3.63, 3.8) is 0 Å². The third kappa shape index (κ3) is 2.09. The van der Waals surface area contributed by atoms with Gasteiger partial charge in [-0.25, -0.2) is 13.8 Å². The van der Waals surface area contributed by atoms with Gasteiger partial charge in [-0.3, -0.25) is 0 Å². The first-order valence-corrected chi connectivity index (χ1v) is 4.04. The van der Waals surface area contributed by atoms with Gasteiger partial charge in [0.2, 0.25) is 0 Å². The lowest BCUT2D eigenvalue weighted by Crippen LogP contribution is -2.02. The van der Waals surface area contributed by atoms with E-state index in [0.29, 0.717) is 0 Å². The fourth-order valence-corrected chi connectivity index (χ4v) is 1.16. The summed E-state index contributed by atoms with van der Waals surface area (Å²) in [5, 5.41) is 8.41. The molecule has 1 heterocycles. The fraction of sp³-hybridized carbons (Fsp3) is 0.250. The van der Waals surface area contributed by atoms with E-state index < -0.39 is 12.0 Å². The van der Waals surface area contributed by atoms with Crippen molar-refractivity contribution in [2.24, 2.45) is 0 Å². The summed E-state index contributed by atoms with van der Waals surface area (Å²) in [5.41, 5.74) is 5.08. The van der Waals surface area contributed by atoms with Crippen LogP contribution < -0.4 is 5.73 Å². The minimum atomic E-state index is -2.71. The average Bonchev–Trinajstić information content (AvgIpc) is 2.10. The Bertz CT molecular complexity index is 387. The number of anilines is 1. The van der Waals surface area contributed by atoms with Crippen molar-refractivity contribution in [3.8, 4) is 6.07 Å². The maximum absolute atomic E-state index is 12.3. The predicted molar refractivity (Wildman–Crippen MR) is 47.9 cm³/mol. The second kappa shape index (κ2) is 4.20. The van der Waals surface area contributed by atoms with E-state index in [1.165, 1.54) is 0 Å². The number of nitrogens with two attached hydrogens (primary N) is 1. The maximum atomic E-state index is 12.3. The van der Waals surface area contributed by atoms with E-state index in [0.717, 1.165) is 6.07 Å². The third-order valence-corrected chi connectivity index (χ3v) is 1.92. The lowest BCUT2D eigenvalue weighted by atomic mass is 10.2. The molecule has 14 heavy (non-hydrogen) atoms. The number of rotatable bonds is 2. The molecule has 74 valence electrons. The van der Waals surface area contributed by atoms with Crippen molar-refractivity contribution in [2.75, 3.05) is 5.73 Å². The van der Waals surface area contributed by atoms with Crippen LogP contribution in [0.3, 0.4) is 0 Å². The number of nitrogen functional groups attached to an aromatic ring is 1. The van der Waals surface area contributed by atoms with Gasteiger partial charge in [0.1, 0.15) is 5.82 Å². The highest BCUT2D eigenvalue weighted by Crippen LogP contribution is 2.28. The summed E-state index contributed by atoms with van der Waals surface area (Å²) < 4.78 is 24.6. The van der Waals surface area contributed by atoms with Crippen molar-refractivity contribution in [2.45, 2.75) is 12.8 Å². The molecule has 0 atom stereocenters. The predicted octanol–water partition coefficient (Wildman–Crippen LogP) is 2.32. The molecule has 2 N–H and O–H groups in total. The average molecular weight is 218 g/mol. The molecule has 0 bridgehead atoms. The summed E-state index contributed by atoms with van der Waals surface area (Å²) in [4.78, 5) is 3.63. The van der Waals surface area contributed by atoms with Crippen LogP contribution in [0.25, 0.3) is 0 Å². The summed E-state index contributed by atoms with van der Waals surface area (Å²) >= 11 is 5.62. The van der Waals surface area contributed by atoms with Crippen LogP contribution in [-0.4, -0.2) is 4.98 Å². The van der Waals surface area contributed by atoms with Crippen molar-refractivity contribution >= 4 is 17.4 Å². The Morgan fingerprint density at radius 2 is 2.29 bits per heavy atom. The van der Waals surface area contributed by atoms with Crippen molar-refractivity contribution in [1.29, 1.82) is 5.26 Å². The molecule has 3 nitrogen and oxygen atoms in total. The molecular weight excluding hydrogens is 212 g/mol. The number of nitrogens with zero attached hydrogens (tertiary/aromatic N) is 2. The Kier molecular flexibility index (Phi) is 3.20. The highest BCUT2D eigenvalue weighted by atomic mass is 35.5. The summed E-state index contributed by atoms with van der Waals surface area (Å²) in [6.07, 6.45) is -2.76. The molecule has 0 unspecified atom stereocenters. The van der Waals surface area contributed by atoms with Gasteiger partial charge in [0.05, 0.1) is 28.8 Å². The molecular formula is C8H6ClF2N3. The van der Waals surface area contributed by atoms with Gasteiger partial charge in [-0.1, -0.05) is 11.6 Å². The van der Waals surface area contributed by atoms with E-state index >= 15 is 0 Å². The Morgan fingerprint density at radius 3 is 2.79 bits per heavy atom. The zero-order valence-electron chi connectivity index (χ0n) is 6.97. The van der Waals surface area contributed by atoms with E-state index in [-0.39, 0.29) is 23.0 Å². The summed E-state index contributed by atoms with van der Waals surface area (Å²) in [6.45, 7) is 0. The Labute approximate surface area is 84.1 Å². The SMILES string of the molecule is N#CCc1nc(N)c(C(F)F)cc1Cl. The highest BCUT2D eigenvalue weighted by Gasteiger charge is 2.15. The molecule has 0 radical (unpaired) electrons. The van der Waals surface area contributed by atoms with E-state index in [4.69, 9.17) is 22.6 Å². The van der Waals surface area contributed by atoms with Gasteiger partial charge in [-0.05, 0) is 6.07 Å². The number of hydrogen-bond donors (Lipinski definition) is 1. The smallest absolute Gasteiger partial charge is 0.267 e. The van der Waals surface area contributed by atoms with Crippen LogP contribution in [0.5, 0.6) is 0 Å². The topological polar surface area (TPSA) is 62.7 Å². The first kappa shape index (κ1) is 10.7. The molecule has 0 amide bonds. The monoisotopic (exact) mass is 217 g/mol. The minimum absolute atomic E-state index is 0.0380. The van der Waals surface area contributed by atoms with Crippen LogP contribution in [-0.2, 0) is 6.42 Å². The quantitative estimate of drug-likeness (QED) is 0.827. The molecule has 0 aliphatic heterocycles. The van der Waals surface area contributed by atoms with Crippen LogP contribution >= 0.6 is 11.6 Å². The largest absolute Gasteiger partial charge is 0.383 e. The number of halogens is 3. The van der Waals surface area contributed by atoms with E-state index in [1.807, 2.05) is 6.07 Å². The minimum Gasteiger partial charge on any atom is -0.383 e. The number of hydrogen-bond acceptors (Lipinski definition) is 3. The van der Waals surface area contributed by atoms with Crippen molar-refractivity contribution < 1.29 is 8.78 Å². The van der Waals surface area contributed by atoms with Gasteiger partial charge >= 0.3 is 0 Å². The molecule has 0 aliphatic carbocycles. The lowest BCUT2D eigenvalue weighted by molar-refractivity contribution is 0.152. The lowest BCUT2D eigenvalue weighted by Gasteiger charge is -2.06. The second-order valence-corrected chi connectivity index (χ2v) is 2.93. The fourth-order valence-electron chi connectivity index (χ4n) is 0.931. The Morgan fingerprint density at radius 1 is 1.64 bits per heavy atom. The molecule has 0 saturated heterocycles. The Hall–Kier alpha value is -1.41. The molecule has 1 aromatic rings. The Balaban J connectivity index is 3.18. The summed E-state index contributed by atoms with van der Waals surface area (Å²) in [7, 11) is 0. The van der Waals surface area contributed by atoms with E-state index in [2.05, 4.69) is 4.98 Å². The van der Waals surface area contributed by atoms with E-state index in [1.54, 1.807) is 0 Å². The van der Waals surface area contributed by atoms with E-state index in [9.17, 15) is 8.78 Å². The first-order chi connectivity index (χ1) is 6.56. The third-order valence-electron chi connectivity index (χ3n) is 1.59. The highest BCUT2D eigenvalue weighted by molar-refractivity contribution is 6.31. The van der Waals surface area contributed by atoms with Crippen molar-refractivity contribution in [3.05, 3.63) is 22.3 Å². The number of pyridine rings is 1. The molecule has 0 aliphatic rings. The number of aromatic nitrogens is 1. The maximum Gasteiger partial charge on any atom is 0.267 e. The summed E-state index contributed by atoms with van der Waals surface area (Å²) in [5.74, 6) is -0.283. The number of nitriles is 1. The van der Waals surface area contributed by atoms with Crippen LogP contribution in [0, 0.1) is 11.3 Å². The first-order valence-electron chi connectivity index (χ1n) is 3.66. The van der Waals surface area contributed by atoms with Crippen LogP contribution in [0.1, 0.15) is 17.7 Å². The van der Waals surface area contributed by atoms with Crippen LogP contribution in [0.4, 0.5) is 14.6 Å². The van der Waals surface area contributed by atoms with Gasteiger partial charge in [0, 0.05) is 0 Å². The zero-order chi connectivity index (χ0) is 10.7. The standard InChI is InChI=1S/C8H6ClF2N3/c9-5-3-4(7(10)11)8(13)14-6(5)1-2-12/h3,7H,1H2,(H2,13,14). The van der Waals surface area contributed by atoms with Gasteiger partial charge < -0.3 is 5.73 Å². The van der Waals surface area contributed by atoms with Crippen molar-refractivity contribution in [1.82, 2.24) is 4.98 Å². The molecule has 0 fully saturated rings. The van der Waals surface area contributed by atoms with Gasteiger partial charge in [-0.2, -0.15) is 5.26 Å². The molecule has 6 heteroatoms. The van der Waals surface area contributed by atoms with Gasteiger partial charge in [-0.15, -0.1) is 0 Å². The summed E-state index contributed by atoms with van der Waals surface area (Å²) in [6, 6.07) is 2.85. The molecule has 0 saturated carbocycles. The molecule has 1 rings (SSSR count). The second-order valence-electron chi connectivity index (χ2n) is 2.53. The molecule has 0 spiro atoms. The molecule has 0 aromatic carbocycles. The zero-order valence-corrected chi connectivity index (χ0v) is 7.72. The molecule has 1 aromatic heterocycles. The van der Waals surface area contributed by atoms with Gasteiger partial charge in [0.25, 0.3) is 6.43 Å².